The van der Waals surface area contributed by atoms with Gasteiger partial charge in [-0.3, -0.25) is 48.2 Å². The highest BCUT2D eigenvalue weighted by Crippen LogP contribution is 2.33. The summed E-state index contributed by atoms with van der Waals surface area (Å²) in [6.45, 7) is 23.0. The number of benzene rings is 2. The highest BCUT2D eigenvalue weighted by Gasteiger charge is 2.46. The number of sulfonamides is 1. The van der Waals surface area contributed by atoms with E-state index >= 15 is 0 Å². The van der Waals surface area contributed by atoms with Crippen LogP contribution in [0.5, 0.6) is 0 Å². The normalized spacial score (nSPS) is 15.0. The predicted octanol–water partition coefficient (Wildman–Crippen LogP) is 6.25. The Bertz CT molecular complexity index is 2820. The molecule has 0 fully saturated rings. The quantitative estimate of drug-likeness (QED) is 0.0298. The van der Waals surface area contributed by atoms with E-state index in [-0.39, 0.29) is 84.5 Å². The second-order valence-electron chi connectivity index (χ2n) is 24.4. The van der Waals surface area contributed by atoms with Crippen molar-refractivity contribution < 1.29 is 61.1 Å². The van der Waals surface area contributed by atoms with Crippen molar-refractivity contribution in [2.75, 3.05) is 32.5 Å². The first kappa shape index (κ1) is 69.8. The molecule has 0 radical (unpaired) electrons. The number of nitrogens with two attached hydrogens (primary N) is 1. The van der Waals surface area contributed by atoms with Crippen molar-refractivity contribution in [3.8, 4) is 0 Å². The van der Waals surface area contributed by atoms with Gasteiger partial charge < -0.3 is 36.6 Å². The summed E-state index contributed by atoms with van der Waals surface area (Å²) >= 11 is 0. The number of hydrogen-bond acceptors (Lipinski definition) is 13. The number of amides is 10. The van der Waals surface area contributed by atoms with Crippen LogP contribution in [0.1, 0.15) is 141 Å². The minimum Gasteiger partial charge on any atom is -0.444 e. The summed E-state index contributed by atoms with van der Waals surface area (Å²) < 4.78 is 35.1. The van der Waals surface area contributed by atoms with E-state index in [0.29, 0.717) is 19.3 Å². The Kier molecular flexibility index (Phi) is 25.4. The van der Waals surface area contributed by atoms with E-state index in [4.69, 9.17) is 10.5 Å². The van der Waals surface area contributed by atoms with Gasteiger partial charge in [0.1, 0.15) is 17.7 Å². The summed E-state index contributed by atoms with van der Waals surface area (Å²) in [5.41, 5.74) is 3.36. The number of carbonyl (C=O) groups is 10. The number of urea groups is 1. The lowest BCUT2D eigenvalue weighted by Gasteiger charge is -2.42. The topological polar surface area (TPSA) is 310 Å². The highest BCUT2D eigenvalue weighted by molar-refractivity contribution is 7.90. The fraction of sp³-hybridized carbons (Fsp3) is 0.567. The summed E-state index contributed by atoms with van der Waals surface area (Å²) in [4.78, 5) is 136. The lowest BCUT2D eigenvalue weighted by Crippen LogP contribution is -2.63. The molecule has 0 aromatic heterocycles. The Morgan fingerprint density at radius 1 is 0.747 bits per heavy atom. The third kappa shape index (κ3) is 21.1. The molecule has 1 heterocycles. The van der Waals surface area contributed by atoms with Crippen molar-refractivity contribution in [3.63, 3.8) is 0 Å². The maximum absolute atomic E-state index is 14.7. The van der Waals surface area contributed by atoms with Crippen molar-refractivity contribution in [2.45, 2.75) is 175 Å². The number of Topliss-reactive ketones (excluding diaryl/α,β-unsaturated/α-hetero) is 1. The molecular formula is C60H89N9O13S. The summed E-state index contributed by atoms with van der Waals surface area (Å²) in [5, 5.41) is 10.9. The van der Waals surface area contributed by atoms with E-state index in [1.54, 1.807) is 55.4 Å². The number of ketones is 1. The Balaban J connectivity index is 1.77. The van der Waals surface area contributed by atoms with Crippen molar-refractivity contribution in [1.29, 1.82) is 0 Å². The fourth-order valence-electron chi connectivity index (χ4n) is 9.48. The molecule has 83 heavy (non-hydrogen) atoms. The van der Waals surface area contributed by atoms with Crippen LogP contribution in [0.2, 0.25) is 0 Å². The summed E-state index contributed by atoms with van der Waals surface area (Å²) in [5.74, 6) is -5.89. The van der Waals surface area contributed by atoms with Gasteiger partial charge in [0, 0.05) is 74.8 Å². The van der Waals surface area contributed by atoms with Gasteiger partial charge in [-0.1, -0.05) is 105 Å². The molecule has 3 rings (SSSR count). The van der Waals surface area contributed by atoms with Gasteiger partial charge in [0.25, 0.3) is 27.7 Å². The molecule has 1 aliphatic rings. The fourth-order valence-corrected chi connectivity index (χ4v) is 10.5. The smallest absolute Gasteiger partial charge is 0.410 e. The van der Waals surface area contributed by atoms with E-state index in [9.17, 15) is 56.4 Å². The van der Waals surface area contributed by atoms with Gasteiger partial charge in [-0.05, 0) is 100 Å². The predicted molar refractivity (Wildman–Crippen MR) is 315 cm³/mol. The molecule has 1 aliphatic heterocycles. The molecule has 0 spiro atoms. The van der Waals surface area contributed by atoms with Gasteiger partial charge in [-0.25, -0.2) is 22.7 Å². The zero-order chi connectivity index (χ0) is 62.9. The zero-order valence-corrected chi connectivity index (χ0v) is 51.8. The molecule has 22 nitrogen and oxygen atoms in total. The molecule has 5 atom stereocenters. The van der Waals surface area contributed by atoms with Crippen LogP contribution in [0.4, 0.5) is 15.3 Å². The number of ether oxygens (including phenoxy) is 1. The minimum atomic E-state index is -4.52. The largest absolute Gasteiger partial charge is 0.444 e. The number of primary amides is 1. The summed E-state index contributed by atoms with van der Waals surface area (Å²) in [7, 11) is -1.52. The number of likely N-dealkylation sites (N-methyl/N-ethyl adjacent to an activating group) is 2. The molecule has 2 aromatic rings. The third-order valence-electron chi connectivity index (χ3n) is 14.2. The Hall–Kier alpha value is -7.43. The molecule has 0 saturated carbocycles. The summed E-state index contributed by atoms with van der Waals surface area (Å²) in [6, 6.07) is 9.34. The average Bonchev–Trinajstić information content (AvgIpc) is 3.94. The molecule has 23 heteroatoms. The Morgan fingerprint density at radius 2 is 1.34 bits per heavy atom. The first-order chi connectivity index (χ1) is 38.4. The van der Waals surface area contributed by atoms with Crippen LogP contribution in [0.15, 0.2) is 83.3 Å². The molecule has 0 bridgehead atoms. The van der Waals surface area contributed by atoms with Crippen molar-refractivity contribution in [2.24, 2.45) is 28.9 Å². The van der Waals surface area contributed by atoms with Crippen molar-refractivity contribution >= 4 is 75.0 Å². The van der Waals surface area contributed by atoms with E-state index < -0.39 is 98.1 Å². The van der Waals surface area contributed by atoms with Gasteiger partial charge in [0.2, 0.25) is 23.6 Å². The van der Waals surface area contributed by atoms with Crippen LogP contribution >= 0.6 is 0 Å². The lowest BCUT2D eigenvalue weighted by molar-refractivity contribution is -0.142. The third-order valence-corrected chi connectivity index (χ3v) is 15.5. The minimum absolute atomic E-state index is 0.0394. The number of carbonyl (C=O) groups excluding carboxylic acids is 10. The molecule has 0 aliphatic carbocycles. The standard InChI is InChI=1S/C60H89N9O13S/c1-37(2)44(67(14)55(77)50(58(6,7)8)65-54(76)51(68(15)57(79)82-59(9,10)11)60(12,13)41-24-18-16-19-25-41)35-39(5)52(74)66-83(80,81)43-29-27-42(28-30-43)63-53(75)40(23-22-33-62-56(61)78)36-45(70)49(38(3)4)64-46(71)26-20-17-21-34-69-47(72)31-32-48(69)73/h16,18-19,24-25,27-32,35,37-38,40,44,49-51H,17,20-23,26,33-34,36H2,1-15H3,(H,63,75)(H,64,71)(H,65,76)(H,66,74)(H3,61,62,78)/b39-35+/t40-,44-,49+,50-,51-/m1/s1. The molecule has 7 N–H and O–H groups in total. The molecule has 458 valence electrons. The second-order valence-corrected chi connectivity index (χ2v) is 26.1. The van der Waals surface area contributed by atoms with Crippen LogP contribution in [-0.2, 0) is 58.5 Å². The second kappa shape index (κ2) is 30.2. The maximum atomic E-state index is 14.7. The van der Waals surface area contributed by atoms with Crippen LogP contribution in [0.25, 0.3) is 0 Å². The number of imide groups is 1. The van der Waals surface area contributed by atoms with E-state index in [2.05, 4.69) is 26.0 Å². The first-order valence-electron chi connectivity index (χ1n) is 28.0. The number of hydrogen-bond donors (Lipinski definition) is 6. The number of anilines is 1. The molecular weight excluding hydrogens is 1090 g/mol. The number of nitrogens with zero attached hydrogens (tertiary/aromatic N) is 3. The van der Waals surface area contributed by atoms with Gasteiger partial charge in [-0.15, -0.1) is 0 Å². The molecule has 0 saturated heterocycles. The molecule has 10 amide bonds. The average molecular weight is 1180 g/mol. The number of rotatable bonds is 29. The van der Waals surface area contributed by atoms with Crippen molar-refractivity contribution in [1.82, 2.24) is 35.4 Å². The Labute approximate surface area is 489 Å². The summed E-state index contributed by atoms with van der Waals surface area (Å²) in [6.07, 6.45) is 4.81. The SMILES string of the molecule is C/C(=C\[C@H](C(C)C)N(C)C(=O)[C@@H](NC(=O)[C@@H](N(C)C(=O)OC(C)(C)C)C(C)(C)c1ccccc1)C(C)(C)C)C(=O)NS(=O)(=O)c1ccc(NC(=O)[C@H](CCCNC(N)=O)CC(=O)[C@@H](NC(=O)CCCCCN2C(=O)C=CC2=O)C(C)C)cc1. The van der Waals surface area contributed by atoms with Crippen LogP contribution in [0.3, 0.4) is 0 Å². The van der Waals surface area contributed by atoms with E-state index in [0.717, 1.165) is 10.5 Å². The zero-order valence-electron chi connectivity index (χ0n) is 51.0. The van der Waals surface area contributed by atoms with Gasteiger partial charge in [0.05, 0.1) is 17.0 Å². The number of nitrogens with one attached hydrogen (secondary N) is 5. The highest BCUT2D eigenvalue weighted by atomic mass is 32.2. The van der Waals surface area contributed by atoms with Crippen LogP contribution in [-0.4, -0.2) is 139 Å². The number of unbranched alkanes of at least 4 members (excludes halogenated alkanes) is 2. The maximum Gasteiger partial charge on any atom is 0.410 e. The lowest BCUT2D eigenvalue weighted by atomic mass is 9.76. The monoisotopic (exact) mass is 1180 g/mol. The van der Waals surface area contributed by atoms with Gasteiger partial charge in [-0.2, -0.15) is 0 Å². The molecule has 2 aromatic carbocycles. The molecule has 0 unspecified atom stereocenters. The van der Waals surface area contributed by atoms with Crippen LogP contribution in [0, 0.1) is 23.2 Å². The van der Waals surface area contributed by atoms with Gasteiger partial charge in [0.15, 0.2) is 5.78 Å². The van der Waals surface area contributed by atoms with E-state index in [1.807, 2.05) is 58.0 Å². The van der Waals surface area contributed by atoms with Crippen LogP contribution < -0.4 is 31.7 Å². The van der Waals surface area contributed by atoms with E-state index in [1.165, 1.54) is 73.3 Å². The Morgan fingerprint density at radius 3 is 1.87 bits per heavy atom. The van der Waals surface area contributed by atoms with Crippen molar-refractivity contribution in [3.05, 3.63) is 84.0 Å². The first-order valence-corrected chi connectivity index (χ1v) is 29.5. The van der Waals surface area contributed by atoms with Gasteiger partial charge >= 0.3 is 12.1 Å².